The highest BCUT2D eigenvalue weighted by Gasteiger charge is 2.20. The lowest BCUT2D eigenvalue weighted by atomic mass is 10.2. The average Bonchev–Trinajstić information content (AvgIpc) is 3.30. The summed E-state index contributed by atoms with van der Waals surface area (Å²) in [6.45, 7) is 2.31. The standard InChI is InChI=1S/C18H20N4O3S/c1-12(17(23)19-11-13-6-8-14(24-3)9-7-13)26-18-21-20-16(22(18)2)15-5-4-10-25-15/h4-10,12H,11H2,1-3H3,(H,19,23). The van der Waals surface area contributed by atoms with E-state index >= 15 is 0 Å². The minimum absolute atomic E-state index is 0.0617. The average molecular weight is 372 g/mol. The summed E-state index contributed by atoms with van der Waals surface area (Å²) in [5, 5.41) is 11.6. The number of methoxy groups -OCH3 is 1. The van der Waals surface area contributed by atoms with Crippen LogP contribution in [-0.4, -0.2) is 33.0 Å². The van der Waals surface area contributed by atoms with Crippen molar-refractivity contribution in [3.05, 3.63) is 48.2 Å². The van der Waals surface area contributed by atoms with Crippen LogP contribution in [0.5, 0.6) is 5.75 Å². The van der Waals surface area contributed by atoms with Crippen LogP contribution in [0.2, 0.25) is 0 Å². The SMILES string of the molecule is COc1ccc(CNC(=O)C(C)Sc2nnc(-c3ccco3)n2C)cc1. The van der Waals surface area contributed by atoms with Gasteiger partial charge < -0.3 is 19.0 Å². The highest BCUT2D eigenvalue weighted by Crippen LogP contribution is 2.25. The molecule has 8 heteroatoms. The Balaban J connectivity index is 1.57. The monoisotopic (exact) mass is 372 g/mol. The molecule has 0 spiro atoms. The van der Waals surface area contributed by atoms with Crippen molar-refractivity contribution in [2.24, 2.45) is 7.05 Å². The Morgan fingerprint density at radius 3 is 2.73 bits per heavy atom. The molecule has 3 aromatic rings. The highest BCUT2D eigenvalue weighted by molar-refractivity contribution is 8.00. The second-order valence-corrected chi connectivity index (χ2v) is 6.98. The Hall–Kier alpha value is -2.74. The smallest absolute Gasteiger partial charge is 0.233 e. The third-order valence-corrected chi connectivity index (χ3v) is 4.99. The van der Waals surface area contributed by atoms with E-state index in [2.05, 4.69) is 15.5 Å². The number of carbonyl (C=O) groups is 1. The van der Waals surface area contributed by atoms with Gasteiger partial charge in [0, 0.05) is 13.6 Å². The third-order valence-electron chi connectivity index (χ3n) is 3.85. The first-order valence-corrected chi connectivity index (χ1v) is 8.97. The van der Waals surface area contributed by atoms with Crippen molar-refractivity contribution in [2.75, 3.05) is 7.11 Å². The van der Waals surface area contributed by atoms with E-state index in [1.54, 1.807) is 19.4 Å². The molecule has 0 aliphatic rings. The fourth-order valence-corrected chi connectivity index (χ4v) is 3.16. The number of hydrogen-bond donors (Lipinski definition) is 1. The van der Waals surface area contributed by atoms with Crippen molar-refractivity contribution in [1.82, 2.24) is 20.1 Å². The molecule has 1 unspecified atom stereocenters. The van der Waals surface area contributed by atoms with Gasteiger partial charge in [0.1, 0.15) is 5.75 Å². The number of rotatable bonds is 7. The van der Waals surface area contributed by atoms with Gasteiger partial charge in [-0.15, -0.1) is 10.2 Å². The van der Waals surface area contributed by atoms with Crippen LogP contribution >= 0.6 is 11.8 Å². The highest BCUT2D eigenvalue weighted by atomic mass is 32.2. The predicted molar refractivity (Wildman–Crippen MR) is 98.9 cm³/mol. The molecule has 0 fully saturated rings. The summed E-state index contributed by atoms with van der Waals surface area (Å²) in [7, 11) is 3.47. The molecule has 0 saturated heterocycles. The normalized spacial score (nSPS) is 12.0. The van der Waals surface area contributed by atoms with Crippen molar-refractivity contribution in [3.8, 4) is 17.3 Å². The molecule has 1 N–H and O–H groups in total. The zero-order valence-electron chi connectivity index (χ0n) is 14.8. The molecule has 0 bridgehead atoms. The largest absolute Gasteiger partial charge is 0.497 e. The first-order valence-electron chi connectivity index (χ1n) is 8.09. The Morgan fingerprint density at radius 2 is 2.08 bits per heavy atom. The van der Waals surface area contributed by atoms with E-state index < -0.39 is 0 Å². The number of benzene rings is 1. The Labute approximate surface area is 155 Å². The van der Waals surface area contributed by atoms with Crippen LogP contribution in [0.25, 0.3) is 11.6 Å². The maximum Gasteiger partial charge on any atom is 0.233 e. The van der Waals surface area contributed by atoms with Gasteiger partial charge >= 0.3 is 0 Å². The van der Waals surface area contributed by atoms with E-state index in [0.29, 0.717) is 23.3 Å². The molecular weight excluding hydrogens is 352 g/mol. The van der Waals surface area contributed by atoms with Gasteiger partial charge in [-0.05, 0) is 36.8 Å². The van der Waals surface area contributed by atoms with Crippen LogP contribution in [0.4, 0.5) is 0 Å². The van der Waals surface area contributed by atoms with E-state index in [9.17, 15) is 4.79 Å². The fourth-order valence-electron chi connectivity index (χ4n) is 2.33. The number of carbonyl (C=O) groups excluding carboxylic acids is 1. The van der Waals surface area contributed by atoms with Crippen molar-refractivity contribution >= 4 is 17.7 Å². The lowest BCUT2D eigenvalue weighted by Gasteiger charge is -2.12. The molecular formula is C18H20N4O3S. The first-order chi connectivity index (χ1) is 12.6. The van der Waals surface area contributed by atoms with Crippen molar-refractivity contribution in [2.45, 2.75) is 23.9 Å². The molecule has 7 nitrogen and oxygen atoms in total. The van der Waals surface area contributed by atoms with E-state index in [4.69, 9.17) is 9.15 Å². The van der Waals surface area contributed by atoms with Crippen LogP contribution in [0.3, 0.4) is 0 Å². The lowest BCUT2D eigenvalue weighted by Crippen LogP contribution is -2.30. The molecule has 0 aliphatic carbocycles. The third kappa shape index (κ3) is 4.08. The number of aromatic nitrogens is 3. The van der Waals surface area contributed by atoms with Crippen LogP contribution in [0.15, 0.2) is 52.2 Å². The van der Waals surface area contributed by atoms with Gasteiger partial charge in [0.2, 0.25) is 5.91 Å². The summed E-state index contributed by atoms with van der Waals surface area (Å²) in [6.07, 6.45) is 1.59. The minimum Gasteiger partial charge on any atom is -0.497 e. The fraction of sp³-hybridized carbons (Fsp3) is 0.278. The quantitative estimate of drug-likeness (QED) is 0.642. The lowest BCUT2D eigenvalue weighted by molar-refractivity contribution is -0.120. The molecule has 26 heavy (non-hydrogen) atoms. The van der Waals surface area contributed by atoms with Crippen LogP contribution in [0.1, 0.15) is 12.5 Å². The Bertz CT molecular complexity index is 859. The van der Waals surface area contributed by atoms with E-state index in [0.717, 1.165) is 11.3 Å². The predicted octanol–water partition coefficient (Wildman–Crippen LogP) is 2.88. The van der Waals surface area contributed by atoms with Gasteiger partial charge in [0.25, 0.3) is 0 Å². The zero-order valence-corrected chi connectivity index (χ0v) is 15.6. The molecule has 136 valence electrons. The summed E-state index contributed by atoms with van der Waals surface area (Å²) in [4.78, 5) is 12.4. The van der Waals surface area contributed by atoms with Gasteiger partial charge in [-0.3, -0.25) is 4.79 Å². The van der Waals surface area contributed by atoms with Gasteiger partial charge in [-0.25, -0.2) is 0 Å². The van der Waals surface area contributed by atoms with E-state index in [1.165, 1.54) is 11.8 Å². The molecule has 1 aromatic carbocycles. The summed E-state index contributed by atoms with van der Waals surface area (Å²) in [5.74, 6) is 2.00. The van der Waals surface area contributed by atoms with Crippen molar-refractivity contribution in [1.29, 1.82) is 0 Å². The summed E-state index contributed by atoms with van der Waals surface area (Å²) < 4.78 is 12.3. The molecule has 2 heterocycles. The molecule has 0 saturated carbocycles. The topological polar surface area (TPSA) is 82.2 Å². The maximum atomic E-state index is 12.4. The molecule has 0 aliphatic heterocycles. The van der Waals surface area contributed by atoms with Crippen LogP contribution < -0.4 is 10.1 Å². The number of hydrogen-bond acceptors (Lipinski definition) is 6. The number of thioether (sulfide) groups is 1. The van der Waals surface area contributed by atoms with Crippen LogP contribution in [0, 0.1) is 0 Å². The summed E-state index contributed by atoms with van der Waals surface area (Å²) >= 11 is 1.35. The van der Waals surface area contributed by atoms with Gasteiger partial charge in [-0.1, -0.05) is 23.9 Å². The van der Waals surface area contributed by atoms with Crippen molar-refractivity contribution in [3.63, 3.8) is 0 Å². The van der Waals surface area contributed by atoms with E-state index in [-0.39, 0.29) is 11.2 Å². The minimum atomic E-state index is -0.305. The van der Waals surface area contributed by atoms with E-state index in [1.807, 2.05) is 48.9 Å². The molecule has 2 aromatic heterocycles. The molecule has 3 rings (SSSR count). The first kappa shape index (κ1) is 18.1. The van der Waals surface area contributed by atoms with Gasteiger partial charge in [0.05, 0.1) is 18.6 Å². The number of nitrogens with zero attached hydrogens (tertiary/aromatic N) is 3. The Kier molecular flexibility index (Phi) is 5.62. The zero-order chi connectivity index (χ0) is 18.5. The number of nitrogens with one attached hydrogen (secondary N) is 1. The summed E-state index contributed by atoms with van der Waals surface area (Å²) in [6, 6.07) is 11.2. The molecule has 1 atom stereocenters. The van der Waals surface area contributed by atoms with Crippen molar-refractivity contribution < 1.29 is 13.9 Å². The summed E-state index contributed by atoms with van der Waals surface area (Å²) in [5.41, 5.74) is 1.01. The Morgan fingerprint density at radius 1 is 1.31 bits per heavy atom. The second kappa shape index (κ2) is 8.09. The number of amides is 1. The maximum absolute atomic E-state index is 12.4. The number of furan rings is 1. The second-order valence-electron chi connectivity index (χ2n) is 5.67. The number of ether oxygens (including phenoxy) is 1. The van der Waals surface area contributed by atoms with Gasteiger partial charge in [0.15, 0.2) is 16.7 Å². The van der Waals surface area contributed by atoms with Crippen LogP contribution in [-0.2, 0) is 18.4 Å². The van der Waals surface area contributed by atoms with Gasteiger partial charge in [-0.2, -0.15) is 0 Å². The molecule has 0 radical (unpaired) electrons. The molecule has 1 amide bonds.